The van der Waals surface area contributed by atoms with E-state index in [0.29, 0.717) is 13.0 Å². The van der Waals surface area contributed by atoms with Crippen molar-refractivity contribution in [1.29, 1.82) is 0 Å². The van der Waals surface area contributed by atoms with Gasteiger partial charge in [0.15, 0.2) is 5.82 Å². The fourth-order valence-electron chi connectivity index (χ4n) is 2.20. The summed E-state index contributed by atoms with van der Waals surface area (Å²) in [6, 6.07) is 8.34. The van der Waals surface area contributed by atoms with E-state index in [-0.39, 0.29) is 6.04 Å². The van der Waals surface area contributed by atoms with Crippen molar-refractivity contribution in [3.05, 3.63) is 35.7 Å². The lowest BCUT2D eigenvalue weighted by atomic mass is 10.0. The maximum Gasteiger partial charge on any atom is 0.176 e. The molecule has 0 aliphatic heterocycles. The summed E-state index contributed by atoms with van der Waals surface area (Å²) in [4.78, 5) is 1.49. The molecule has 0 fully saturated rings. The highest BCUT2D eigenvalue weighted by molar-refractivity contribution is 5.31. The quantitative estimate of drug-likeness (QED) is 0.804. The van der Waals surface area contributed by atoms with Gasteiger partial charge >= 0.3 is 0 Å². The van der Waals surface area contributed by atoms with Crippen molar-refractivity contribution in [2.75, 3.05) is 13.2 Å². The molecule has 21 heavy (non-hydrogen) atoms. The van der Waals surface area contributed by atoms with Crippen LogP contribution < -0.4 is 10.1 Å². The van der Waals surface area contributed by atoms with Crippen LogP contribution in [0.4, 0.5) is 0 Å². The second-order valence-corrected chi connectivity index (χ2v) is 4.91. The standard InChI is InChI=1S/C15H23N5O/c1-4-9-16-14(11-15-17-19-20(3)18-15)12-7-6-8-13(10-12)21-5-2/h6-8,10,14,16H,4-5,9,11H2,1-3H3. The Bertz CT molecular complexity index is 555. The highest BCUT2D eigenvalue weighted by Gasteiger charge is 2.15. The van der Waals surface area contributed by atoms with Gasteiger partial charge < -0.3 is 10.1 Å². The van der Waals surface area contributed by atoms with E-state index in [1.165, 1.54) is 10.4 Å². The van der Waals surface area contributed by atoms with Crippen LogP contribution in [0.3, 0.4) is 0 Å². The van der Waals surface area contributed by atoms with E-state index in [2.05, 4.69) is 39.8 Å². The molecule has 0 saturated heterocycles. The fourth-order valence-corrected chi connectivity index (χ4v) is 2.20. The maximum absolute atomic E-state index is 5.58. The van der Waals surface area contributed by atoms with Crippen LogP contribution in [-0.4, -0.2) is 33.4 Å². The molecular formula is C15H23N5O. The fraction of sp³-hybridized carbons (Fsp3) is 0.533. The Kier molecular flexibility index (Phi) is 5.68. The van der Waals surface area contributed by atoms with Gasteiger partial charge in [0.2, 0.25) is 0 Å². The van der Waals surface area contributed by atoms with Crippen molar-refractivity contribution in [2.45, 2.75) is 32.7 Å². The summed E-state index contributed by atoms with van der Waals surface area (Å²) in [6.07, 6.45) is 1.79. The van der Waals surface area contributed by atoms with E-state index in [1.54, 1.807) is 7.05 Å². The number of hydrogen-bond acceptors (Lipinski definition) is 5. The van der Waals surface area contributed by atoms with E-state index >= 15 is 0 Å². The molecule has 1 aromatic heterocycles. The average molecular weight is 289 g/mol. The van der Waals surface area contributed by atoms with Crippen molar-refractivity contribution in [3.8, 4) is 5.75 Å². The molecule has 6 heteroatoms. The minimum absolute atomic E-state index is 0.162. The lowest BCUT2D eigenvalue weighted by Gasteiger charge is -2.18. The predicted octanol–water partition coefficient (Wildman–Crippen LogP) is 1.89. The van der Waals surface area contributed by atoms with Crippen LogP contribution in [0.2, 0.25) is 0 Å². The predicted molar refractivity (Wildman–Crippen MR) is 81.1 cm³/mol. The molecule has 0 saturated carbocycles. The minimum atomic E-state index is 0.162. The van der Waals surface area contributed by atoms with Gasteiger partial charge in [-0.2, -0.15) is 4.80 Å². The minimum Gasteiger partial charge on any atom is -0.494 e. The van der Waals surface area contributed by atoms with Gasteiger partial charge in [-0.1, -0.05) is 19.1 Å². The molecule has 0 aliphatic carbocycles. The normalized spacial score (nSPS) is 12.3. The molecular weight excluding hydrogens is 266 g/mol. The summed E-state index contributed by atoms with van der Waals surface area (Å²) in [5.74, 6) is 1.64. The smallest absolute Gasteiger partial charge is 0.176 e. The highest BCUT2D eigenvalue weighted by atomic mass is 16.5. The molecule has 1 aromatic carbocycles. The lowest BCUT2D eigenvalue weighted by Crippen LogP contribution is -2.24. The van der Waals surface area contributed by atoms with Gasteiger partial charge in [0, 0.05) is 12.5 Å². The number of hydrogen-bond donors (Lipinski definition) is 1. The summed E-state index contributed by atoms with van der Waals surface area (Å²) in [5, 5.41) is 15.8. The second kappa shape index (κ2) is 7.73. The van der Waals surface area contributed by atoms with Crippen LogP contribution in [-0.2, 0) is 13.5 Å². The van der Waals surface area contributed by atoms with Crippen LogP contribution in [0.15, 0.2) is 24.3 Å². The van der Waals surface area contributed by atoms with Crippen molar-refractivity contribution in [3.63, 3.8) is 0 Å². The SMILES string of the molecule is CCCNC(Cc1nnn(C)n1)c1cccc(OCC)c1. The van der Waals surface area contributed by atoms with Crippen LogP contribution in [0.25, 0.3) is 0 Å². The van der Waals surface area contributed by atoms with Gasteiger partial charge in [-0.3, -0.25) is 0 Å². The molecule has 1 atom stereocenters. The zero-order valence-corrected chi connectivity index (χ0v) is 12.9. The topological polar surface area (TPSA) is 64.9 Å². The third-order valence-electron chi connectivity index (χ3n) is 3.15. The Labute approximate surface area is 125 Å². The first-order valence-corrected chi connectivity index (χ1v) is 7.42. The number of aryl methyl sites for hydroxylation is 1. The summed E-state index contributed by atoms with van der Waals surface area (Å²) >= 11 is 0. The summed E-state index contributed by atoms with van der Waals surface area (Å²) in [7, 11) is 1.78. The van der Waals surface area contributed by atoms with Crippen molar-refractivity contribution in [1.82, 2.24) is 25.5 Å². The molecule has 2 aromatic rings. The van der Waals surface area contributed by atoms with Crippen LogP contribution in [0, 0.1) is 0 Å². The number of nitrogens with zero attached hydrogens (tertiary/aromatic N) is 4. The van der Waals surface area contributed by atoms with Gasteiger partial charge in [-0.05, 0) is 42.8 Å². The van der Waals surface area contributed by atoms with Gasteiger partial charge in [-0.15, -0.1) is 10.2 Å². The number of rotatable bonds is 8. The largest absolute Gasteiger partial charge is 0.494 e. The number of benzene rings is 1. The van der Waals surface area contributed by atoms with E-state index in [9.17, 15) is 0 Å². The molecule has 0 radical (unpaired) electrons. The van der Waals surface area contributed by atoms with Crippen LogP contribution in [0.1, 0.15) is 37.7 Å². The van der Waals surface area contributed by atoms with Gasteiger partial charge in [-0.25, -0.2) is 0 Å². The molecule has 1 unspecified atom stereocenters. The molecule has 0 spiro atoms. The van der Waals surface area contributed by atoms with E-state index in [1.807, 2.05) is 19.1 Å². The Balaban J connectivity index is 2.16. The molecule has 0 bridgehead atoms. The Morgan fingerprint density at radius 2 is 2.19 bits per heavy atom. The first-order valence-electron chi connectivity index (χ1n) is 7.42. The number of tetrazole rings is 1. The van der Waals surface area contributed by atoms with Crippen molar-refractivity contribution >= 4 is 0 Å². The Morgan fingerprint density at radius 3 is 2.86 bits per heavy atom. The van der Waals surface area contributed by atoms with Gasteiger partial charge in [0.1, 0.15) is 5.75 Å². The van der Waals surface area contributed by atoms with E-state index in [4.69, 9.17) is 4.74 Å². The third-order valence-corrected chi connectivity index (χ3v) is 3.15. The Hall–Kier alpha value is -1.95. The van der Waals surface area contributed by atoms with Crippen LogP contribution in [0.5, 0.6) is 5.75 Å². The van der Waals surface area contributed by atoms with Gasteiger partial charge in [0.25, 0.3) is 0 Å². The van der Waals surface area contributed by atoms with Crippen LogP contribution >= 0.6 is 0 Å². The lowest BCUT2D eigenvalue weighted by molar-refractivity contribution is 0.339. The summed E-state index contributed by atoms with van der Waals surface area (Å²) in [5.41, 5.74) is 1.18. The second-order valence-electron chi connectivity index (χ2n) is 4.91. The first-order chi connectivity index (χ1) is 10.2. The van der Waals surface area contributed by atoms with Gasteiger partial charge in [0.05, 0.1) is 13.7 Å². The Morgan fingerprint density at radius 1 is 1.33 bits per heavy atom. The monoisotopic (exact) mass is 289 g/mol. The maximum atomic E-state index is 5.58. The van der Waals surface area contributed by atoms with E-state index in [0.717, 1.165) is 24.5 Å². The third kappa shape index (κ3) is 4.53. The summed E-state index contributed by atoms with van der Waals surface area (Å²) < 4.78 is 5.58. The average Bonchev–Trinajstić information content (AvgIpc) is 2.89. The highest BCUT2D eigenvalue weighted by Crippen LogP contribution is 2.21. The molecule has 2 rings (SSSR count). The molecule has 1 heterocycles. The number of ether oxygens (including phenoxy) is 1. The molecule has 1 N–H and O–H groups in total. The summed E-state index contributed by atoms with van der Waals surface area (Å²) in [6.45, 7) is 5.76. The molecule has 0 aliphatic rings. The zero-order chi connectivity index (χ0) is 15.1. The first kappa shape index (κ1) is 15.4. The van der Waals surface area contributed by atoms with Crippen molar-refractivity contribution < 1.29 is 4.74 Å². The van der Waals surface area contributed by atoms with E-state index < -0.39 is 0 Å². The molecule has 114 valence electrons. The van der Waals surface area contributed by atoms with Crippen molar-refractivity contribution in [2.24, 2.45) is 7.05 Å². The zero-order valence-electron chi connectivity index (χ0n) is 12.9. The number of nitrogens with one attached hydrogen (secondary N) is 1. The molecule has 6 nitrogen and oxygen atoms in total. The number of aromatic nitrogens is 4. The molecule has 0 amide bonds.